The maximum absolute atomic E-state index is 13.5. The van der Waals surface area contributed by atoms with E-state index in [4.69, 9.17) is 11.6 Å². The zero-order valence-corrected chi connectivity index (χ0v) is 21.7. The van der Waals surface area contributed by atoms with Gasteiger partial charge in [0.15, 0.2) is 0 Å². The molecular weight excluding hydrogens is 519 g/mol. The quantitative estimate of drug-likeness (QED) is 0.470. The van der Waals surface area contributed by atoms with E-state index in [9.17, 15) is 28.2 Å². The second-order valence-electron chi connectivity index (χ2n) is 12.1. The molecule has 1 aromatic heterocycles. The fourth-order valence-electron chi connectivity index (χ4n) is 7.58. The number of rotatable bonds is 3. The van der Waals surface area contributed by atoms with Gasteiger partial charge >= 0.3 is 0 Å². The van der Waals surface area contributed by atoms with Crippen molar-refractivity contribution in [2.24, 2.45) is 24.3 Å². The largest absolute Gasteiger partial charge is 0.378 e. The summed E-state index contributed by atoms with van der Waals surface area (Å²) in [6.45, 7) is 0. The molecule has 10 heteroatoms. The zero-order valence-electron chi connectivity index (χ0n) is 20.9. The van der Waals surface area contributed by atoms with Crippen LogP contribution in [0.15, 0.2) is 24.5 Å². The average Bonchev–Trinajstić information content (AvgIpc) is 3.43. The van der Waals surface area contributed by atoms with Crippen LogP contribution >= 0.6 is 11.6 Å². The number of nitrogens with zero attached hydrogens (tertiary/aromatic N) is 2. The number of carbonyl (C=O) groups excluding carboxylic acids is 1. The number of imidazole rings is 1. The molecule has 6 nitrogen and oxygen atoms in total. The monoisotopic (exact) mass is 547 g/mol. The first-order chi connectivity index (χ1) is 17.8. The average molecular weight is 548 g/mol. The lowest BCUT2D eigenvalue weighted by molar-refractivity contribution is -0.236. The fraction of sp³-hybridized carbons (Fsp3) is 0.571. The summed E-state index contributed by atoms with van der Waals surface area (Å²) in [4.78, 5) is 17.6. The molecule has 2 aromatic rings. The van der Waals surface area contributed by atoms with E-state index in [2.05, 4.69) is 22.1 Å². The Bertz CT molecular complexity index is 1350. The van der Waals surface area contributed by atoms with Crippen LogP contribution in [0.3, 0.4) is 0 Å². The molecule has 202 valence electrons. The Hall–Kier alpha value is -2.54. The van der Waals surface area contributed by atoms with Crippen molar-refractivity contribution < 1.29 is 28.2 Å². The van der Waals surface area contributed by atoms with Gasteiger partial charge in [-0.3, -0.25) is 4.79 Å². The zero-order chi connectivity index (χ0) is 27.1. The molecule has 4 aliphatic carbocycles. The van der Waals surface area contributed by atoms with Crippen LogP contribution in [0.25, 0.3) is 0 Å². The van der Waals surface area contributed by atoms with E-state index in [1.165, 1.54) is 18.2 Å². The number of hydrogen-bond donors (Lipinski definition) is 3. The minimum atomic E-state index is -2.63. The number of nitrogens with one attached hydrogen (secondary N) is 1. The number of benzene rings is 1. The van der Waals surface area contributed by atoms with Crippen molar-refractivity contribution in [1.82, 2.24) is 9.55 Å². The number of alkyl halides is 2. The van der Waals surface area contributed by atoms with E-state index in [1.807, 2.05) is 0 Å². The summed E-state index contributed by atoms with van der Waals surface area (Å²) in [6, 6.07) is 3.99. The number of aromatic nitrogens is 2. The maximum atomic E-state index is 13.5. The minimum absolute atomic E-state index is 0.0391. The van der Waals surface area contributed by atoms with Crippen LogP contribution < -0.4 is 5.32 Å². The predicted molar refractivity (Wildman–Crippen MR) is 134 cm³/mol. The number of halogens is 4. The molecule has 0 saturated heterocycles. The summed E-state index contributed by atoms with van der Waals surface area (Å²) < 4.78 is 41.7. The van der Waals surface area contributed by atoms with E-state index < -0.39 is 28.4 Å². The van der Waals surface area contributed by atoms with Crippen LogP contribution in [0.1, 0.15) is 73.5 Å². The lowest BCUT2D eigenvalue weighted by atomic mass is 9.48. The van der Waals surface area contributed by atoms with Gasteiger partial charge in [-0.25, -0.2) is 18.2 Å². The van der Waals surface area contributed by atoms with Crippen LogP contribution in [-0.2, 0) is 7.05 Å². The Kier molecular flexibility index (Phi) is 5.74. The summed E-state index contributed by atoms with van der Waals surface area (Å²) in [5.74, 6) is 2.60. The number of carbonyl (C=O) groups is 1. The highest BCUT2D eigenvalue weighted by Crippen LogP contribution is 2.65. The number of hydrogen-bond acceptors (Lipinski definition) is 4. The van der Waals surface area contributed by atoms with E-state index in [1.54, 1.807) is 17.9 Å². The highest BCUT2D eigenvalue weighted by Gasteiger charge is 2.66. The molecule has 1 amide bonds. The summed E-state index contributed by atoms with van der Waals surface area (Å²) in [5, 5.41) is 24.5. The highest BCUT2D eigenvalue weighted by atomic mass is 35.5. The molecule has 4 fully saturated rings. The third-order valence-electron chi connectivity index (χ3n) is 8.92. The van der Waals surface area contributed by atoms with Crippen molar-refractivity contribution in [3.63, 3.8) is 0 Å². The normalized spacial score (nSPS) is 31.6. The van der Waals surface area contributed by atoms with Gasteiger partial charge in [0.1, 0.15) is 22.7 Å². The smallest absolute Gasteiger partial charge is 0.274 e. The molecule has 6 rings (SSSR count). The van der Waals surface area contributed by atoms with E-state index >= 15 is 0 Å². The molecule has 38 heavy (non-hydrogen) atoms. The van der Waals surface area contributed by atoms with Gasteiger partial charge in [-0.2, -0.15) is 0 Å². The molecule has 0 radical (unpaired) electrons. The SMILES string of the molecule is Cn1cnc(C2CC3CC(O)(C#CC4(O)CC5(CC(F)(F)C5)C4)CC3C2)c1C(=O)Nc1ccc(F)c(Cl)c1. The molecule has 1 heterocycles. The number of amides is 1. The lowest BCUT2D eigenvalue weighted by Gasteiger charge is -2.59. The first kappa shape index (κ1) is 25.7. The van der Waals surface area contributed by atoms with Crippen LogP contribution in [0.4, 0.5) is 18.9 Å². The lowest BCUT2D eigenvalue weighted by Crippen LogP contribution is -2.61. The summed E-state index contributed by atoms with van der Waals surface area (Å²) in [6.07, 6.45) is 4.11. The van der Waals surface area contributed by atoms with Gasteiger partial charge < -0.3 is 20.1 Å². The summed E-state index contributed by atoms with van der Waals surface area (Å²) in [5.41, 5.74) is -1.51. The maximum Gasteiger partial charge on any atom is 0.274 e. The second kappa shape index (κ2) is 8.48. The van der Waals surface area contributed by atoms with E-state index in [0.717, 1.165) is 12.8 Å². The topological polar surface area (TPSA) is 87.4 Å². The van der Waals surface area contributed by atoms with Crippen molar-refractivity contribution in [1.29, 1.82) is 0 Å². The number of aliphatic hydroxyl groups is 2. The first-order valence-electron chi connectivity index (χ1n) is 12.9. The molecule has 0 aliphatic heterocycles. The van der Waals surface area contributed by atoms with Crippen molar-refractivity contribution in [2.45, 2.75) is 74.4 Å². The third kappa shape index (κ3) is 4.51. The molecular formula is C28H29ClF3N3O3. The summed E-state index contributed by atoms with van der Waals surface area (Å²) >= 11 is 5.84. The van der Waals surface area contributed by atoms with E-state index in [0.29, 0.717) is 29.9 Å². The molecule has 0 bridgehead atoms. The number of anilines is 1. The predicted octanol–water partition coefficient (Wildman–Crippen LogP) is 5.04. The Morgan fingerprint density at radius 3 is 2.34 bits per heavy atom. The molecule has 2 unspecified atom stereocenters. The van der Waals surface area contributed by atoms with Crippen molar-refractivity contribution in [3.05, 3.63) is 46.8 Å². The second-order valence-corrected chi connectivity index (χ2v) is 12.6. The number of fused-ring (bicyclic) bond motifs is 1. The Morgan fingerprint density at radius 1 is 1.11 bits per heavy atom. The Balaban J connectivity index is 1.10. The fourth-order valence-corrected chi connectivity index (χ4v) is 7.76. The van der Waals surface area contributed by atoms with Crippen LogP contribution in [0.2, 0.25) is 5.02 Å². The van der Waals surface area contributed by atoms with Crippen LogP contribution in [0, 0.1) is 34.9 Å². The van der Waals surface area contributed by atoms with Crippen LogP contribution in [0.5, 0.6) is 0 Å². The van der Waals surface area contributed by atoms with Gasteiger partial charge in [-0.05, 0) is 74.0 Å². The Labute approximate surface area is 223 Å². The standard InChI is InChI=1S/C28H29ClF3N3O3/c1-35-15-33-22(23(35)24(36)34-19-2-3-21(30)20(29)8-19)16-6-17-9-26(37,10-18(17)7-16)4-5-27(38)11-25(12-27)13-28(31,32)14-25/h2-3,8,15-18,37-38H,6-7,9-14H2,1H3,(H,34,36). The molecule has 3 N–H and O–H groups in total. The number of aryl methyl sites for hydroxylation is 1. The highest BCUT2D eigenvalue weighted by molar-refractivity contribution is 6.31. The third-order valence-corrected chi connectivity index (χ3v) is 9.21. The van der Waals surface area contributed by atoms with Crippen molar-refractivity contribution >= 4 is 23.2 Å². The van der Waals surface area contributed by atoms with Gasteiger partial charge in [0.25, 0.3) is 5.91 Å². The first-order valence-corrected chi connectivity index (χ1v) is 13.3. The molecule has 4 saturated carbocycles. The Morgan fingerprint density at radius 2 is 1.74 bits per heavy atom. The summed E-state index contributed by atoms with van der Waals surface area (Å²) in [7, 11) is 1.74. The molecule has 2 atom stereocenters. The van der Waals surface area contributed by atoms with Gasteiger partial charge in [-0.1, -0.05) is 23.4 Å². The molecule has 4 aliphatic rings. The molecule has 1 spiro atoms. The van der Waals surface area contributed by atoms with Gasteiger partial charge in [0.05, 0.1) is 17.0 Å². The van der Waals surface area contributed by atoms with E-state index in [-0.39, 0.29) is 54.4 Å². The van der Waals surface area contributed by atoms with Gasteiger partial charge in [-0.15, -0.1) is 0 Å². The molecule has 1 aromatic carbocycles. The van der Waals surface area contributed by atoms with Crippen LogP contribution in [-0.4, -0.2) is 42.8 Å². The van der Waals surface area contributed by atoms with Gasteiger partial charge in [0.2, 0.25) is 5.92 Å². The minimum Gasteiger partial charge on any atom is -0.378 e. The van der Waals surface area contributed by atoms with Crippen molar-refractivity contribution in [2.75, 3.05) is 5.32 Å². The van der Waals surface area contributed by atoms with Gasteiger partial charge in [0, 0.05) is 31.5 Å². The van der Waals surface area contributed by atoms with Crippen molar-refractivity contribution in [3.8, 4) is 11.8 Å².